The number of furan rings is 1. The van der Waals surface area contributed by atoms with Gasteiger partial charge in [0.1, 0.15) is 11.5 Å². The number of halogens is 1. The minimum Gasteiger partial charge on any atom is -0.480 e. The highest BCUT2D eigenvalue weighted by atomic mass is 79.9. The van der Waals surface area contributed by atoms with Crippen LogP contribution in [0, 0.1) is 0 Å². The first-order valence-electron chi connectivity index (χ1n) is 5.90. The second kappa shape index (κ2) is 4.78. The fourth-order valence-electron chi connectivity index (χ4n) is 2.27. The monoisotopic (exact) mass is 307 g/mol. The van der Waals surface area contributed by atoms with E-state index in [4.69, 9.17) is 9.15 Å². The molecule has 0 radical (unpaired) electrons. The highest BCUT2D eigenvalue weighted by Gasteiger charge is 2.28. The lowest BCUT2D eigenvalue weighted by Crippen LogP contribution is -2.32. The Bertz CT molecular complexity index is 552. The van der Waals surface area contributed by atoms with Gasteiger partial charge in [-0.05, 0) is 41.2 Å². The van der Waals surface area contributed by atoms with Gasteiger partial charge in [0.15, 0.2) is 6.10 Å². The van der Waals surface area contributed by atoms with Gasteiger partial charge in [0.05, 0.1) is 10.7 Å². The van der Waals surface area contributed by atoms with Gasteiger partial charge < -0.3 is 9.15 Å². The van der Waals surface area contributed by atoms with Crippen molar-refractivity contribution in [1.29, 1.82) is 0 Å². The Balaban J connectivity index is 1.88. The van der Waals surface area contributed by atoms with Crippen molar-refractivity contribution >= 4 is 15.9 Å². The van der Waals surface area contributed by atoms with Crippen molar-refractivity contribution < 1.29 is 9.15 Å². The molecule has 1 aromatic heterocycles. The molecule has 2 aromatic rings. The molecule has 0 aliphatic carbocycles. The molecule has 94 valence electrons. The van der Waals surface area contributed by atoms with Crippen LogP contribution in [0.3, 0.4) is 0 Å². The Hall–Kier alpha value is -1.26. The van der Waals surface area contributed by atoms with Crippen molar-refractivity contribution in [3.05, 3.63) is 52.4 Å². The largest absolute Gasteiger partial charge is 0.480 e. The van der Waals surface area contributed by atoms with Crippen molar-refractivity contribution in [2.24, 2.45) is 0 Å². The van der Waals surface area contributed by atoms with Gasteiger partial charge in [-0.15, -0.1) is 0 Å². The van der Waals surface area contributed by atoms with Gasteiger partial charge in [0.25, 0.3) is 0 Å². The summed E-state index contributed by atoms with van der Waals surface area (Å²) in [6.45, 7) is 1.75. The summed E-state index contributed by atoms with van der Waals surface area (Å²) < 4.78 is 12.6. The summed E-state index contributed by atoms with van der Waals surface area (Å²) in [6.07, 6.45) is 1.69. The minimum absolute atomic E-state index is 0.0487. The van der Waals surface area contributed by atoms with Crippen LogP contribution < -0.4 is 4.74 Å². The Labute approximate surface area is 114 Å². The van der Waals surface area contributed by atoms with Crippen LogP contribution in [-0.2, 0) is 6.54 Å². The maximum absolute atomic E-state index is 6.06. The van der Waals surface area contributed by atoms with Crippen LogP contribution in [0.5, 0.6) is 5.75 Å². The van der Waals surface area contributed by atoms with Crippen LogP contribution in [0.1, 0.15) is 17.4 Å². The molecule has 1 aliphatic rings. The third-order valence-corrected chi connectivity index (χ3v) is 3.75. The normalized spacial score (nSPS) is 19.6. The molecule has 3 rings (SSSR count). The number of likely N-dealkylation sites (N-methyl/N-ethyl adjacent to an activating group) is 1. The quantitative estimate of drug-likeness (QED) is 0.847. The molecule has 18 heavy (non-hydrogen) atoms. The molecule has 2 heterocycles. The smallest absolute Gasteiger partial charge is 0.169 e. The van der Waals surface area contributed by atoms with Crippen molar-refractivity contribution in [3.8, 4) is 5.75 Å². The van der Waals surface area contributed by atoms with E-state index in [-0.39, 0.29) is 6.10 Å². The molecule has 3 nitrogen and oxygen atoms in total. The van der Waals surface area contributed by atoms with Crippen LogP contribution in [0.2, 0.25) is 0 Å². The number of ether oxygens (including phenoxy) is 1. The van der Waals surface area contributed by atoms with Crippen LogP contribution in [0.15, 0.2) is 45.5 Å². The number of para-hydroxylation sites is 1. The summed E-state index contributed by atoms with van der Waals surface area (Å²) in [5.74, 6) is 1.80. The van der Waals surface area contributed by atoms with Gasteiger partial charge in [0.2, 0.25) is 0 Å². The number of hydrogen-bond acceptors (Lipinski definition) is 3. The fraction of sp³-hybridized carbons (Fsp3) is 0.286. The molecule has 1 aliphatic heterocycles. The Morgan fingerprint density at radius 2 is 2.17 bits per heavy atom. The Kier molecular flexibility index (Phi) is 3.14. The van der Waals surface area contributed by atoms with E-state index < -0.39 is 0 Å². The van der Waals surface area contributed by atoms with E-state index in [1.807, 2.05) is 30.3 Å². The first kappa shape index (κ1) is 11.8. The first-order valence-corrected chi connectivity index (χ1v) is 6.69. The molecule has 1 aromatic carbocycles. The molecule has 0 amide bonds. The number of rotatable bonds is 2. The molecule has 0 saturated carbocycles. The third-order valence-electron chi connectivity index (χ3n) is 3.10. The van der Waals surface area contributed by atoms with Crippen molar-refractivity contribution in [2.45, 2.75) is 12.6 Å². The number of benzene rings is 1. The van der Waals surface area contributed by atoms with Gasteiger partial charge in [-0.2, -0.15) is 0 Å². The zero-order valence-electron chi connectivity index (χ0n) is 10.1. The third kappa shape index (κ3) is 2.18. The lowest BCUT2D eigenvalue weighted by Gasteiger charge is -2.29. The molecule has 0 spiro atoms. The van der Waals surface area contributed by atoms with Crippen molar-refractivity contribution in [2.75, 3.05) is 13.6 Å². The molecular weight excluding hydrogens is 294 g/mol. The van der Waals surface area contributed by atoms with E-state index in [1.165, 1.54) is 5.56 Å². The molecule has 0 fully saturated rings. The summed E-state index contributed by atoms with van der Waals surface area (Å²) in [7, 11) is 2.09. The summed E-state index contributed by atoms with van der Waals surface area (Å²) in [4.78, 5) is 2.24. The summed E-state index contributed by atoms with van der Waals surface area (Å²) in [6, 6.07) is 9.89. The van der Waals surface area contributed by atoms with E-state index in [0.717, 1.165) is 29.1 Å². The molecular formula is C14H14BrNO2. The Morgan fingerprint density at radius 3 is 3.00 bits per heavy atom. The predicted octanol–water partition coefficient (Wildman–Crippen LogP) is 3.61. The topological polar surface area (TPSA) is 25.6 Å². The maximum atomic E-state index is 6.06. The molecule has 1 atom stereocenters. The fourth-order valence-corrected chi connectivity index (χ4v) is 2.64. The van der Waals surface area contributed by atoms with Crippen LogP contribution in [0.4, 0.5) is 0 Å². The summed E-state index contributed by atoms with van der Waals surface area (Å²) in [5, 5.41) is 0. The van der Waals surface area contributed by atoms with E-state index in [2.05, 4.69) is 27.9 Å². The van der Waals surface area contributed by atoms with Gasteiger partial charge in [-0.3, -0.25) is 4.90 Å². The zero-order chi connectivity index (χ0) is 12.5. The second-order valence-electron chi connectivity index (χ2n) is 4.54. The van der Waals surface area contributed by atoms with E-state index >= 15 is 0 Å². The maximum Gasteiger partial charge on any atom is 0.169 e. The van der Waals surface area contributed by atoms with E-state index in [1.54, 1.807) is 6.26 Å². The predicted molar refractivity (Wildman–Crippen MR) is 72.6 cm³/mol. The Morgan fingerprint density at radius 1 is 1.33 bits per heavy atom. The van der Waals surface area contributed by atoms with Crippen molar-refractivity contribution in [1.82, 2.24) is 4.90 Å². The lowest BCUT2D eigenvalue weighted by molar-refractivity contribution is 0.106. The highest BCUT2D eigenvalue weighted by Crippen LogP contribution is 2.33. The molecule has 0 saturated heterocycles. The van der Waals surface area contributed by atoms with Crippen LogP contribution in [-0.4, -0.2) is 18.5 Å². The van der Waals surface area contributed by atoms with Crippen LogP contribution in [0.25, 0.3) is 0 Å². The zero-order valence-corrected chi connectivity index (χ0v) is 11.7. The minimum atomic E-state index is -0.0487. The molecule has 0 N–H and O–H groups in total. The average molecular weight is 308 g/mol. The SMILES string of the molecule is CN1Cc2ccoc2C(Oc2ccccc2Br)C1. The first-order chi connectivity index (χ1) is 8.74. The van der Waals surface area contributed by atoms with Gasteiger partial charge >= 0.3 is 0 Å². The van der Waals surface area contributed by atoms with Gasteiger partial charge in [-0.25, -0.2) is 0 Å². The van der Waals surface area contributed by atoms with Crippen molar-refractivity contribution in [3.63, 3.8) is 0 Å². The average Bonchev–Trinajstić information content (AvgIpc) is 2.80. The van der Waals surface area contributed by atoms with E-state index in [9.17, 15) is 0 Å². The standard InChI is InChI=1S/C14H14BrNO2/c1-16-8-10-6-7-17-14(10)13(9-16)18-12-5-3-2-4-11(12)15/h2-7,13H,8-9H2,1H3. The summed E-state index contributed by atoms with van der Waals surface area (Å²) in [5.41, 5.74) is 1.21. The molecule has 0 bridgehead atoms. The second-order valence-corrected chi connectivity index (χ2v) is 5.40. The van der Waals surface area contributed by atoms with E-state index in [0.29, 0.717) is 0 Å². The van der Waals surface area contributed by atoms with Crippen LogP contribution >= 0.6 is 15.9 Å². The number of fused-ring (bicyclic) bond motifs is 1. The summed E-state index contributed by atoms with van der Waals surface area (Å²) >= 11 is 3.50. The highest BCUT2D eigenvalue weighted by molar-refractivity contribution is 9.10. The number of nitrogens with zero attached hydrogens (tertiary/aromatic N) is 1. The molecule has 1 unspecified atom stereocenters. The lowest BCUT2D eigenvalue weighted by atomic mass is 10.1. The van der Waals surface area contributed by atoms with Gasteiger partial charge in [0, 0.05) is 18.7 Å². The molecule has 4 heteroatoms. The number of hydrogen-bond donors (Lipinski definition) is 0. The van der Waals surface area contributed by atoms with Gasteiger partial charge in [-0.1, -0.05) is 12.1 Å².